The fraction of sp³-hybridized carbons (Fsp3) is 0.0526. The Morgan fingerprint density at radius 2 is 1.81 bits per heavy atom. The lowest BCUT2D eigenvalue weighted by molar-refractivity contribution is -0.122. The molecule has 27 heavy (non-hydrogen) atoms. The van der Waals surface area contributed by atoms with E-state index in [1.165, 1.54) is 37.5 Å². The van der Waals surface area contributed by atoms with Gasteiger partial charge in [0.25, 0.3) is 11.8 Å². The summed E-state index contributed by atoms with van der Waals surface area (Å²) in [5.74, 6) is -1.80. The highest BCUT2D eigenvalue weighted by Crippen LogP contribution is 2.25. The van der Waals surface area contributed by atoms with Crippen LogP contribution >= 0.6 is 12.2 Å². The summed E-state index contributed by atoms with van der Waals surface area (Å²) in [5, 5.41) is 11.4. The van der Waals surface area contributed by atoms with Crippen LogP contribution in [0.5, 0.6) is 5.75 Å². The zero-order valence-corrected chi connectivity index (χ0v) is 14.9. The predicted molar refractivity (Wildman–Crippen MR) is 103 cm³/mol. The van der Waals surface area contributed by atoms with Crippen LogP contribution in [0.3, 0.4) is 0 Å². The number of anilines is 1. The van der Waals surface area contributed by atoms with Gasteiger partial charge in [-0.25, -0.2) is 4.79 Å². The molecule has 136 valence electrons. The number of carboxylic acid groups (broad SMARTS) is 1. The van der Waals surface area contributed by atoms with E-state index in [0.717, 1.165) is 4.90 Å². The molecular weight excluding hydrogens is 368 g/mol. The second-order valence-electron chi connectivity index (χ2n) is 5.55. The van der Waals surface area contributed by atoms with Gasteiger partial charge >= 0.3 is 5.97 Å². The summed E-state index contributed by atoms with van der Waals surface area (Å²) >= 11 is 5.12. The Labute approximate surface area is 159 Å². The molecule has 0 aromatic heterocycles. The molecule has 1 aliphatic rings. The van der Waals surface area contributed by atoms with Crippen LogP contribution < -0.4 is 15.0 Å². The topological polar surface area (TPSA) is 95.9 Å². The number of benzene rings is 2. The van der Waals surface area contributed by atoms with Gasteiger partial charge in [-0.3, -0.25) is 19.8 Å². The second kappa shape index (κ2) is 7.38. The quantitative estimate of drug-likeness (QED) is 0.478. The van der Waals surface area contributed by atoms with E-state index in [0.29, 0.717) is 17.0 Å². The maximum Gasteiger partial charge on any atom is 0.335 e. The van der Waals surface area contributed by atoms with Crippen LogP contribution in [-0.4, -0.2) is 35.1 Å². The molecule has 8 heteroatoms. The third-order valence-corrected chi connectivity index (χ3v) is 4.20. The number of thiocarbonyl (C=S) groups is 1. The first kappa shape index (κ1) is 18.3. The van der Waals surface area contributed by atoms with Crippen LogP contribution in [0.4, 0.5) is 5.69 Å². The number of aromatic carboxylic acids is 1. The zero-order chi connectivity index (χ0) is 19.6. The number of carboxylic acids is 1. The van der Waals surface area contributed by atoms with E-state index in [9.17, 15) is 14.4 Å². The van der Waals surface area contributed by atoms with Gasteiger partial charge in [0.1, 0.15) is 11.3 Å². The zero-order valence-electron chi connectivity index (χ0n) is 14.1. The molecular formula is C19H14N2O5S. The number of hydrogen-bond donors (Lipinski definition) is 2. The first-order valence-electron chi connectivity index (χ1n) is 7.80. The number of para-hydroxylation sites is 1. The number of amides is 2. The summed E-state index contributed by atoms with van der Waals surface area (Å²) < 4.78 is 5.24. The van der Waals surface area contributed by atoms with E-state index < -0.39 is 17.8 Å². The van der Waals surface area contributed by atoms with Gasteiger partial charge in [0.15, 0.2) is 5.11 Å². The predicted octanol–water partition coefficient (Wildman–Crippen LogP) is 2.22. The van der Waals surface area contributed by atoms with Gasteiger partial charge in [-0.1, -0.05) is 18.2 Å². The fourth-order valence-corrected chi connectivity index (χ4v) is 2.87. The van der Waals surface area contributed by atoms with Gasteiger partial charge in [-0.05, 0) is 48.6 Å². The average Bonchev–Trinajstić information content (AvgIpc) is 2.65. The van der Waals surface area contributed by atoms with Crippen LogP contribution in [0, 0.1) is 0 Å². The molecule has 0 unspecified atom stereocenters. The molecule has 1 aliphatic heterocycles. The highest BCUT2D eigenvalue weighted by molar-refractivity contribution is 7.80. The Kier molecular flexibility index (Phi) is 5.00. The molecule has 1 saturated heterocycles. The summed E-state index contributed by atoms with van der Waals surface area (Å²) in [7, 11) is 1.49. The Bertz CT molecular complexity index is 982. The molecule has 2 amide bonds. The van der Waals surface area contributed by atoms with E-state index >= 15 is 0 Å². The van der Waals surface area contributed by atoms with Crippen molar-refractivity contribution in [1.82, 2.24) is 5.32 Å². The van der Waals surface area contributed by atoms with Crippen molar-refractivity contribution in [2.45, 2.75) is 0 Å². The van der Waals surface area contributed by atoms with Crippen molar-refractivity contribution >= 4 is 46.9 Å². The van der Waals surface area contributed by atoms with E-state index in [1.807, 2.05) is 0 Å². The number of hydrogen-bond acceptors (Lipinski definition) is 5. The number of carbonyl (C=O) groups excluding carboxylic acids is 2. The first-order valence-corrected chi connectivity index (χ1v) is 8.21. The lowest BCUT2D eigenvalue weighted by Gasteiger charge is -2.29. The van der Waals surface area contributed by atoms with E-state index in [-0.39, 0.29) is 16.2 Å². The van der Waals surface area contributed by atoms with Crippen molar-refractivity contribution in [2.24, 2.45) is 0 Å². The monoisotopic (exact) mass is 382 g/mol. The minimum atomic E-state index is -1.08. The van der Waals surface area contributed by atoms with Crippen LogP contribution in [0.1, 0.15) is 15.9 Å². The van der Waals surface area contributed by atoms with Gasteiger partial charge < -0.3 is 9.84 Å². The van der Waals surface area contributed by atoms with Crippen molar-refractivity contribution < 1.29 is 24.2 Å². The molecule has 2 aromatic carbocycles. The lowest BCUT2D eigenvalue weighted by atomic mass is 10.1. The molecule has 2 aromatic rings. The largest absolute Gasteiger partial charge is 0.496 e. The molecule has 0 radical (unpaired) electrons. The Morgan fingerprint density at radius 1 is 1.15 bits per heavy atom. The number of nitrogens with one attached hydrogen (secondary N) is 1. The third-order valence-electron chi connectivity index (χ3n) is 3.91. The van der Waals surface area contributed by atoms with E-state index in [4.69, 9.17) is 22.1 Å². The van der Waals surface area contributed by atoms with Gasteiger partial charge in [0, 0.05) is 5.56 Å². The third kappa shape index (κ3) is 3.56. The number of methoxy groups -OCH3 is 1. The van der Waals surface area contributed by atoms with E-state index in [1.54, 1.807) is 24.3 Å². The smallest absolute Gasteiger partial charge is 0.335 e. The molecule has 3 rings (SSSR count). The minimum absolute atomic E-state index is 0.0722. The average molecular weight is 382 g/mol. The summed E-state index contributed by atoms with van der Waals surface area (Å²) in [6, 6.07) is 12.6. The number of ether oxygens (including phenoxy) is 1. The van der Waals surface area contributed by atoms with Crippen molar-refractivity contribution in [3.8, 4) is 5.75 Å². The number of carbonyl (C=O) groups is 3. The fourth-order valence-electron chi connectivity index (χ4n) is 2.59. The van der Waals surface area contributed by atoms with Gasteiger partial charge in [-0.2, -0.15) is 0 Å². The molecule has 0 bridgehead atoms. The summed E-state index contributed by atoms with van der Waals surface area (Å²) in [5.41, 5.74) is 0.867. The number of rotatable bonds is 4. The molecule has 1 heterocycles. The summed E-state index contributed by atoms with van der Waals surface area (Å²) in [6.45, 7) is 0. The van der Waals surface area contributed by atoms with Gasteiger partial charge in [0.2, 0.25) is 0 Å². The Hall–Kier alpha value is -3.52. The molecule has 0 aliphatic carbocycles. The van der Waals surface area contributed by atoms with Crippen LogP contribution in [-0.2, 0) is 9.59 Å². The van der Waals surface area contributed by atoms with E-state index in [2.05, 4.69) is 5.32 Å². The Morgan fingerprint density at radius 3 is 2.44 bits per heavy atom. The lowest BCUT2D eigenvalue weighted by Crippen LogP contribution is -2.54. The molecule has 0 spiro atoms. The first-order chi connectivity index (χ1) is 12.9. The van der Waals surface area contributed by atoms with Crippen LogP contribution in [0.15, 0.2) is 54.1 Å². The molecule has 0 saturated carbocycles. The summed E-state index contributed by atoms with van der Waals surface area (Å²) in [4.78, 5) is 37.4. The maximum atomic E-state index is 12.9. The minimum Gasteiger partial charge on any atom is -0.496 e. The molecule has 7 nitrogen and oxygen atoms in total. The molecule has 0 atom stereocenters. The highest BCUT2D eigenvalue weighted by atomic mass is 32.1. The SMILES string of the molecule is COc1ccccc1/C=C1\C(=O)NC(=S)N(c2ccc(C(=O)O)cc2)C1=O. The Balaban J connectivity index is 2.01. The maximum absolute atomic E-state index is 12.9. The van der Waals surface area contributed by atoms with Crippen molar-refractivity contribution in [2.75, 3.05) is 12.0 Å². The molecule has 2 N–H and O–H groups in total. The van der Waals surface area contributed by atoms with Crippen molar-refractivity contribution in [3.05, 3.63) is 65.2 Å². The van der Waals surface area contributed by atoms with Crippen LogP contribution in [0.2, 0.25) is 0 Å². The molecule has 1 fully saturated rings. The van der Waals surface area contributed by atoms with Gasteiger partial charge in [-0.15, -0.1) is 0 Å². The van der Waals surface area contributed by atoms with Crippen LogP contribution in [0.25, 0.3) is 6.08 Å². The number of nitrogens with zero attached hydrogens (tertiary/aromatic N) is 1. The standard InChI is InChI=1S/C19H14N2O5S/c1-26-15-5-3-2-4-12(15)10-14-16(22)20-19(27)21(17(14)23)13-8-6-11(7-9-13)18(24)25/h2-10H,1H3,(H,24,25)(H,20,22,27)/b14-10+. The second-order valence-corrected chi connectivity index (χ2v) is 5.94. The highest BCUT2D eigenvalue weighted by Gasteiger charge is 2.34. The van der Waals surface area contributed by atoms with Crippen molar-refractivity contribution in [1.29, 1.82) is 0 Å². The normalized spacial score (nSPS) is 15.7. The summed E-state index contributed by atoms with van der Waals surface area (Å²) in [6.07, 6.45) is 1.43. The van der Waals surface area contributed by atoms with Crippen molar-refractivity contribution in [3.63, 3.8) is 0 Å². The van der Waals surface area contributed by atoms with Gasteiger partial charge in [0.05, 0.1) is 18.4 Å².